The Kier molecular flexibility index (Phi) is 3.55. The summed E-state index contributed by atoms with van der Waals surface area (Å²) in [4.78, 5) is 10.8. The standard InChI is InChI=1S/C11H15N5S/c1-7-3-4-9(17-7)8(2)14-10-5-6-13-11(15-10)16-12/h3-6,8H,12H2,1-2H3,(H2,13,14,15,16). The van der Waals surface area contributed by atoms with Crippen LogP contribution in [-0.2, 0) is 0 Å². The van der Waals surface area contributed by atoms with Crippen LogP contribution in [0.2, 0.25) is 0 Å². The Morgan fingerprint density at radius 2 is 2.18 bits per heavy atom. The van der Waals surface area contributed by atoms with Gasteiger partial charge in [-0.05, 0) is 32.0 Å². The van der Waals surface area contributed by atoms with Gasteiger partial charge < -0.3 is 5.32 Å². The molecule has 0 fully saturated rings. The minimum Gasteiger partial charge on any atom is -0.363 e. The SMILES string of the molecule is Cc1ccc(C(C)Nc2ccnc(NN)n2)s1. The van der Waals surface area contributed by atoms with Gasteiger partial charge in [0.25, 0.3) is 0 Å². The molecule has 6 heteroatoms. The van der Waals surface area contributed by atoms with E-state index in [4.69, 9.17) is 5.84 Å². The van der Waals surface area contributed by atoms with Gasteiger partial charge in [0.2, 0.25) is 5.95 Å². The zero-order chi connectivity index (χ0) is 12.3. The first-order chi connectivity index (χ1) is 8.19. The molecule has 0 aliphatic rings. The molecular formula is C11H15N5S. The van der Waals surface area contributed by atoms with Gasteiger partial charge in [-0.3, -0.25) is 5.43 Å². The van der Waals surface area contributed by atoms with E-state index >= 15 is 0 Å². The highest BCUT2D eigenvalue weighted by Gasteiger charge is 2.08. The largest absolute Gasteiger partial charge is 0.363 e. The van der Waals surface area contributed by atoms with Crippen molar-refractivity contribution in [3.63, 3.8) is 0 Å². The topological polar surface area (TPSA) is 75.9 Å². The molecule has 2 aromatic heterocycles. The Balaban J connectivity index is 2.09. The number of hydrogen-bond acceptors (Lipinski definition) is 6. The predicted octanol–water partition coefficient (Wildman–Crippen LogP) is 2.31. The number of hydrogen-bond donors (Lipinski definition) is 3. The number of nitrogens with one attached hydrogen (secondary N) is 2. The van der Waals surface area contributed by atoms with Gasteiger partial charge in [0.05, 0.1) is 6.04 Å². The normalized spacial score (nSPS) is 12.2. The Morgan fingerprint density at radius 1 is 1.35 bits per heavy atom. The molecule has 0 spiro atoms. The third kappa shape index (κ3) is 2.92. The molecule has 1 atom stereocenters. The first kappa shape index (κ1) is 11.8. The number of nitrogen functional groups attached to an aromatic ring is 1. The van der Waals surface area contributed by atoms with Crippen molar-refractivity contribution in [2.75, 3.05) is 10.7 Å². The Labute approximate surface area is 104 Å². The second kappa shape index (κ2) is 5.11. The minimum atomic E-state index is 0.217. The van der Waals surface area contributed by atoms with E-state index < -0.39 is 0 Å². The molecule has 0 aromatic carbocycles. The fraction of sp³-hybridized carbons (Fsp3) is 0.273. The van der Waals surface area contributed by atoms with Crippen LogP contribution in [0.4, 0.5) is 11.8 Å². The summed E-state index contributed by atoms with van der Waals surface area (Å²) >= 11 is 1.78. The van der Waals surface area contributed by atoms with Gasteiger partial charge in [0.15, 0.2) is 0 Å². The van der Waals surface area contributed by atoms with Crippen molar-refractivity contribution in [1.82, 2.24) is 9.97 Å². The van der Waals surface area contributed by atoms with Gasteiger partial charge in [0.1, 0.15) is 5.82 Å². The first-order valence-electron chi connectivity index (χ1n) is 5.31. The van der Waals surface area contributed by atoms with E-state index in [1.807, 2.05) is 6.07 Å². The summed E-state index contributed by atoms with van der Waals surface area (Å²) in [6.07, 6.45) is 1.66. The van der Waals surface area contributed by atoms with E-state index in [9.17, 15) is 0 Å². The number of nitrogens with two attached hydrogens (primary N) is 1. The van der Waals surface area contributed by atoms with Crippen LogP contribution in [0, 0.1) is 6.92 Å². The van der Waals surface area contributed by atoms with E-state index in [1.165, 1.54) is 9.75 Å². The van der Waals surface area contributed by atoms with Gasteiger partial charge in [-0.15, -0.1) is 11.3 Å². The van der Waals surface area contributed by atoms with Crippen LogP contribution in [0.15, 0.2) is 24.4 Å². The Morgan fingerprint density at radius 3 is 2.82 bits per heavy atom. The lowest BCUT2D eigenvalue weighted by Crippen LogP contribution is -2.12. The van der Waals surface area contributed by atoms with E-state index in [0.29, 0.717) is 5.95 Å². The van der Waals surface area contributed by atoms with Crippen molar-refractivity contribution < 1.29 is 0 Å². The summed E-state index contributed by atoms with van der Waals surface area (Å²) in [5.41, 5.74) is 2.42. The summed E-state index contributed by atoms with van der Waals surface area (Å²) in [5.74, 6) is 6.43. The maximum Gasteiger partial charge on any atom is 0.239 e. The lowest BCUT2D eigenvalue weighted by molar-refractivity contribution is 0.893. The van der Waals surface area contributed by atoms with E-state index in [-0.39, 0.29) is 6.04 Å². The molecule has 0 amide bonds. The molecule has 0 saturated heterocycles. The Hall–Kier alpha value is -1.66. The van der Waals surface area contributed by atoms with Gasteiger partial charge in [0, 0.05) is 16.0 Å². The molecule has 2 aromatic rings. The highest BCUT2D eigenvalue weighted by atomic mass is 32.1. The second-order valence-electron chi connectivity index (χ2n) is 3.72. The monoisotopic (exact) mass is 249 g/mol. The number of anilines is 2. The minimum absolute atomic E-state index is 0.217. The Bertz CT molecular complexity index is 496. The molecule has 0 radical (unpaired) electrons. The predicted molar refractivity (Wildman–Crippen MR) is 70.9 cm³/mol. The molecule has 90 valence electrons. The van der Waals surface area contributed by atoms with E-state index in [1.54, 1.807) is 17.5 Å². The number of aromatic nitrogens is 2. The molecule has 0 aliphatic carbocycles. The van der Waals surface area contributed by atoms with Crippen molar-refractivity contribution >= 4 is 23.1 Å². The molecule has 1 unspecified atom stereocenters. The summed E-state index contributed by atoms with van der Waals surface area (Å²) in [6, 6.07) is 6.28. The molecular weight excluding hydrogens is 234 g/mol. The van der Waals surface area contributed by atoms with Crippen molar-refractivity contribution in [2.24, 2.45) is 5.84 Å². The van der Waals surface area contributed by atoms with E-state index in [0.717, 1.165) is 5.82 Å². The maximum atomic E-state index is 5.26. The van der Waals surface area contributed by atoms with E-state index in [2.05, 4.69) is 46.7 Å². The van der Waals surface area contributed by atoms with Crippen LogP contribution < -0.4 is 16.6 Å². The first-order valence-corrected chi connectivity index (χ1v) is 6.13. The fourth-order valence-electron chi connectivity index (χ4n) is 1.49. The number of rotatable bonds is 4. The highest BCUT2D eigenvalue weighted by molar-refractivity contribution is 7.12. The number of nitrogens with zero attached hydrogens (tertiary/aromatic N) is 2. The molecule has 17 heavy (non-hydrogen) atoms. The molecule has 0 aliphatic heterocycles. The van der Waals surface area contributed by atoms with Crippen LogP contribution in [0.5, 0.6) is 0 Å². The van der Waals surface area contributed by atoms with Crippen molar-refractivity contribution in [1.29, 1.82) is 0 Å². The summed E-state index contributed by atoms with van der Waals surface area (Å²) in [5, 5.41) is 3.31. The number of hydrazine groups is 1. The molecule has 4 N–H and O–H groups in total. The van der Waals surface area contributed by atoms with Crippen LogP contribution in [-0.4, -0.2) is 9.97 Å². The summed E-state index contributed by atoms with van der Waals surface area (Å²) < 4.78 is 0. The van der Waals surface area contributed by atoms with Crippen molar-refractivity contribution in [2.45, 2.75) is 19.9 Å². The maximum absolute atomic E-state index is 5.26. The zero-order valence-electron chi connectivity index (χ0n) is 9.77. The molecule has 2 heterocycles. The van der Waals surface area contributed by atoms with Gasteiger partial charge >= 0.3 is 0 Å². The van der Waals surface area contributed by atoms with Gasteiger partial charge in [-0.1, -0.05) is 0 Å². The third-order valence-corrected chi connectivity index (χ3v) is 3.52. The fourth-order valence-corrected chi connectivity index (χ4v) is 2.37. The third-order valence-electron chi connectivity index (χ3n) is 2.34. The lowest BCUT2D eigenvalue weighted by atomic mass is 10.2. The van der Waals surface area contributed by atoms with Crippen molar-refractivity contribution in [3.05, 3.63) is 34.2 Å². The molecule has 0 saturated carbocycles. The summed E-state index contributed by atoms with van der Waals surface area (Å²) in [6.45, 7) is 4.20. The lowest BCUT2D eigenvalue weighted by Gasteiger charge is -2.13. The molecule has 5 nitrogen and oxygen atoms in total. The highest BCUT2D eigenvalue weighted by Crippen LogP contribution is 2.25. The van der Waals surface area contributed by atoms with Crippen LogP contribution >= 0.6 is 11.3 Å². The molecule has 0 bridgehead atoms. The second-order valence-corrected chi connectivity index (χ2v) is 5.04. The average Bonchev–Trinajstić information content (AvgIpc) is 2.76. The quantitative estimate of drug-likeness (QED) is 0.572. The van der Waals surface area contributed by atoms with Crippen LogP contribution in [0.3, 0.4) is 0 Å². The van der Waals surface area contributed by atoms with Crippen LogP contribution in [0.1, 0.15) is 22.7 Å². The van der Waals surface area contributed by atoms with Gasteiger partial charge in [-0.25, -0.2) is 10.8 Å². The smallest absolute Gasteiger partial charge is 0.239 e. The van der Waals surface area contributed by atoms with Gasteiger partial charge in [-0.2, -0.15) is 4.98 Å². The number of thiophene rings is 1. The van der Waals surface area contributed by atoms with Crippen LogP contribution in [0.25, 0.3) is 0 Å². The summed E-state index contributed by atoms with van der Waals surface area (Å²) in [7, 11) is 0. The van der Waals surface area contributed by atoms with Crippen molar-refractivity contribution in [3.8, 4) is 0 Å². The zero-order valence-corrected chi connectivity index (χ0v) is 10.6. The molecule has 2 rings (SSSR count). The average molecular weight is 249 g/mol. The number of aryl methyl sites for hydroxylation is 1.